The molecule has 0 saturated carbocycles. The molecular formula is C13H18BrN3S. The molecule has 1 N–H and O–H groups in total. The predicted octanol–water partition coefficient (Wildman–Crippen LogP) is 3.64. The topological polar surface area (TPSA) is 29.9 Å². The molecule has 5 heteroatoms. The maximum absolute atomic E-state index is 4.35. The van der Waals surface area contributed by atoms with Crippen molar-refractivity contribution >= 4 is 27.3 Å². The van der Waals surface area contributed by atoms with E-state index in [1.54, 1.807) is 11.3 Å². The largest absolute Gasteiger partial charge is 0.305 e. The molecule has 0 aliphatic rings. The molecule has 2 heterocycles. The Morgan fingerprint density at radius 1 is 1.56 bits per heavy atom. The van der Waals surface area contributed by atoms with Crippen molar-refractivity contribution in [3.05, 3.63) is 38.3 Å². The highest BCUT2D eigenvalue weighted by Crippen LogP contribution is 2.30. The zero-order valence-electron chi connectivity index (χ0n) is 10.9. The molecule has 0 amide bonds. The van der Waals surface area contributed by atoms with Gasteiger partial charge in [0.25, 0.3) is 0 Å². The maximum atomic E-state index is 4.35. The Morgan fingerprint density at radius 2 is 2.33 bits per heavy atom. The van der Waals surface area contributed by atoms with Crippen molar-refractivity contribution in [3.63, 3.8) is 0 Å². The van der Waals surface area contributed by atoms with Gasteiger partial charge >= 0.3 is 0 Å². The maximum Gasteiger partial charge on any atom is 0.0759 e. The summed E-state index contributed by atoms with van der Waals surface area (Å²) in [6, 6.07) is 2.41. The number of aryl methyl sites for hydroxylation is 2. The molecule has 18 heavy (non-hydrogen) atoms. The molecule has 2 rings (SSSR count). The van der Waals surface area contributed by atoms with Crippen molar-refractivity contribution in [3.8, 4) is 0 Å². The van der Waals surface area contributed by atoms with E-state index in [-0.39, 0.29) is 6.04 Å². The molecule has 0 aliphatic carbocycles. The van der Waals surface area contributed by atoms with E-state index in [0.717, 1.165) is 13.0 Å². The second kappa shape index (κ2) is 5.99. The van der Waals surface area contributed by atoms with E-state index >= 15 is 0 Å². The van der Waals surface area contributed by atoms with Gasteiger partial charge in [0, 0.05) is 7.05 Å². The molecule has 3 nitrogen and oxygen atoms in total. The third-order valence-corrected chi connectivity index (χ3v) is 4.49. The highest BCUT2D eigenvalue weighted by atomic mass is 79.9. The van der Waals surface area contributed by atoms with Crippen molar-refractivity contribution in [1.82, 2.24) is 15.1 Å². The van der Waals surface area contributed by atoms with E-state index in [4.69, 9.17) is 0 Å². The number of hydrogen-bond acceptors (Lipinski definition) is 3. The van der Waals surface area contributed by atoms with Crippen LogP contribution in [-0.2, 0) is 7.05 Å². The van der Waals surface area contributed by atoms with Gasteiger partial charge in [0.05, 0.1) is 21.7 Å². The normalized spacial score (nSPS) is 12.9. The van der Waals surface area contributed by atoms with Crippen LogP contribution in [0.1, 0.15) is 36.2 Å². The van der Waals surface area contributed by atoms with E-state index in [2.05, 4.69) is 51.6 Å². The summed E-state index contributed by atoms with van der Waals surface area (Å²) in [5.74, 6) is 0. The summed E-state index contributed by atoms with van der Waals surface area (Å²) in [4.78, 5) is 0. The van der Waals surface area contributed by atoms with Gasteiger partial charge in [0.15, 0.2) is 0 Å². The molecule has 0 spiro atoms. The van der Waals surface area contributed by atoms with Crippen LogP contribution in [0, 0.1) is 6.92 Å². The van der Waals surface area contributed by atoms with Crippen molar-refractivity contribution in [1.29, 1.82) is 0 Å². The van der Waals surface area contributed by atoms with Crippen LogP contribution < -0.4 is 5.32 Å². The van der Waals surface area contributed by atoms with Crippen LogP contribution in [0.15, 0.2) is 21.4 Å². The predicted molar refractivity (Wildman–Crippen MR) is 80.1 cm³/mol. The van der Waals surface area contributed by atoms with Crippen LogP contribution >= 0.6 is 27.3 Å². The number of aromatic nitrogens is 2. The minimum atomic E-state index is 0.222. The Hall–Kier alpha value is -0.650. The fraction of sp³-hybridized carbons (Fsp3) is 0.462. The van der Waals surface area contributed by atoms with Crippen LogP contribution in [-0.4, -0.2) is 16.3 Å². The van der Waals surface area contributed by atoms with E-state index < -0.39 is 0 Å². The summed E-state index contributed by atoms with van der Waals surface area (Å²) < 4.78 is 3.13. The summed E-state index contributed by atoms with van der Waals surface area (Å²) >= 11 is 5.26. The first-order chi connectivity index (χ1) is 8.63. The zero-order valence-corrected chi connectivity index (χ0v) is 13.3. The Kier molecular flexibility index (Phi) is 4.59. The van der Waals surface area contributed by atoms with Gasteiger partial charge < -0.3 is 5.32 Å². The third-order valence-electron chi connectivity index (χ3n) is 2.97. The number of halogens is 1. The van der Waals surface area contributed by atoms with Gasteiger partial charge in [-0.15, -0.1) is 11.3 Å². The Labute approximate surface area is 120 Å². The number of hydrogen-bond donors (Lipinski definition) is 1. The molecule has 0 aromatic carbocycles. The second-order valence-corrected chi connectivity index (χ2v) is 6.70. The standard InChI is InChI=1S/C13H18BrN3S/c1-4-5-15-12(10-6-11(14)18-8-10)13-9(2)7-16-17(13)3/h6-8,12,15H,4-5H2,1-3H3. The molecule has 1 unspecified atom stereocenters. The fourth-order valence-corrected chi connectivity index (χ4v) is 3.31. The smallest absolute Gasteiger partial charge is 0.0759 e. The molecular weight excluding hydrogens is 310 g/mol. The van der Waals surface area contributed by atoms with E-state index in [1.165, 1.54) is 20.6 Å². The highest BCUT2D eigenvalue weighted by molar-refractivity contribution is 9.11. The highest BCUT2D eigenvalue weighted by Gasteiger charge is 2.20. The first-order valence-electron chi connectivity index (χ1n) is 6.09. The van der Waals surface area contributed by atoms with Gasteiger partial charge in [-0.3, -0.25) is 4.68 Å². The molecule has 0 aliphatic heterocycles. The molecule has 0 radical (unpaired) electrons. The van der Waals surface area contributed by atoms with Crippen LogP contribution in [0.25, 0.3) is 0 Å². The lowest BCUT2D eigenvalue weighted by Crippen LogP contribution is -2.25. The van der Waals surface area contributed by atoms with E-state index in [9.17, 15) is 0 Å². The molecule has 0 saturated heterocycles. The van der Waals surface area contributed by atoms with Crippen molar-refractivity contribution in [2.45, 2.75) is 26.3 Å². The lowest BCUT2D eigenvalue weighted by molar-refractivity contribution is 0.552. The average Bonchev–Trinajstić information content (AvgIpc) is 2.90. The van der Waals surface area contributed by atoms with Crippen molar-refractivity contribution in [2.24, 2.45) is 7.05 Å². The molecule has 2 aromatic rings. The van der Waals surface area contributed by atoms with Gasteiger partial charge in [0.2, 0.25) is 0 Å². The molecule has 0 bridgehead atoms. The summed E-state index contributed by atoms with van der Waals surface area (Å²) in [5, 5.41) is 10.2. The van der Waals surface area contributed by atoms with Gasteiger partial charge in [-0.25, -0.2) is 0 Å². The van der Waals surface area contributed by atoms with Crippen molar-refractivity contribution < 1.29 is 0 Å². The van der Waals surface area contributed by atoms with Gasteiger partial charge in [0.1, 0.15) is 0 Å². The van der Waals surface area contributed by atoms with Crippen LogP contribution in [0.4, 0.5) is 0 Å². The third kappa shape index (κ3) is 2.84. The number of rotatable bonds is 5. The summed E-state index contributed by atoms with van der Waals surface area (Å²) in [6.07, 6.45) is 3.05. The number of nitrogens with zero attached hydrogens (tertiary/aromatic N) is 2. The summed E-state index contributed by atoms with van der Waals surface area (Å²) in [7, 11) is 2.00. The van der Waals surface area contributed by atoms with Gasteiger partial charge in [-0.05, 0) is 58.4 Å². The summed E-state index contributed by atoms with van der Waals surface area (Å²) in [5.41, 5.74) is 3.77. The Bertz CT molecular complexity index is 499. The lowest BCUT2D eigenvalue weighted by atomic mass is 10.0. The average molecular weight is 328 g/mol. The number of thiophene rings is 1. The number of nitrogens with one attached hydrogen (secondary N) is 1. The van der Waals surface area contributed by atoms with E-state index in [0.29, 0.717) is 0 Å². The SMILES string of the molecule is CCCNC(c1csc(Br)c1)c1c(C)cnn1C. The molecule has 0 fully saturated rings. The Balaban J connectivity index is 2.36. The zero-order chi connectivity index (χ0) is 13.1. The van der Waals surface area contributed by atoms with Crippen LogP contribution in [0.3, 0.4) is 0 Å². The molecule has 2 aromatic heterocycles. The molecule has 98 valence electrons. The lowest BCUT2D eigenvalue weighted by Gasteiger charge is -2.19. The summed E-state index contributed by atoms with van der Waals surface area (Å²) in [6.45, 7) is 5.30. The van der Waals surface area contributed by atoms with Crippen molar-refractivity contribution in [2.75, 3.05) is 6.54 Å². The minimum absolute atomic E-state index is 0.222. The quantitative estimate of drug-likeness (QED) is 0.908. The first kappa shape index (κ1) is 13.8. The minimum Gasteiger partial charge on any atom is -0.305 e. The van der Waals surface area contributed by atoms with Crippen LogP contribution in [0.5, 0.6) is 0 Å². The Morgan fingerprint density at radius 3 is 2.83 bits per heavy atom. The fourth-order valence-electron chi connectivity index (χ4n) is 2.11. The first-order valence-corrected chi connectivity index (χ1v) is 7.76. The monoisotopic (exact) mass is 327 g/mol. The molecule has 1 atom stereocenters. The van der Waals surface area contributed by atoms with Gasteiger partial charge in [-0.2, -0.15) is 5.10 Å². The second-order valence-electron chi connectivity index (χ2n) is 4.41. The van der Waals surface area contributed by atoms with Crippen LogP contribution in [0.2, 0.25) is 0 Å². The van der Waals surface area contributed by atoms with Gasteiger partial charge in [-0.1, -0.05) is 6.92 Å². The van der Waals surface area contributed by atoms with E-state index in [1.807, 2.05) is 17.9 Å².